The summed E-state index contributed by atoms with van der Waals surface area (Å²) < 4.78 is 29.6. The smallest absolute Gasteiger partial charge is 0.254 e. The number of ether oxygens (including phenoxy) is 2. The van der Waals surface area contributed by atoms with E-state index in [1.807, 2.05) is 13.0 Å². The third kappa shape index (κ3) is 6.96. The first-order chi connectivity index (χ1) is 16.8. The highest BCUT2D eigenvalue weighted by Gasteiger charge is 2.24. The van der Waals surface area contributed by atoms with Crippen LogP contribution in [-0.4, -0.2) is 48.9 Å². The molecular formula is C27H29FN2O5. The predicted molar refractivity (Wildman–Crippen MR) is 130 cm³/mol. The van der Waals surface area contributed by atoms with Crippen LogP contribution < -0.4 is 9.47 Å². The van der Waals surface area contributed by atoms with Crippen molar-refractivity contribution in [2.75, 3.05) is 27.3 Å². The van der Waals surface area contributed by atoms with Crippen molar-refractivity contribution in [1.29, 1.82) is 0 Å². The Labute approximate surface area is 204 Å². The molecular weight excluding hydrogens is 451 g/mol. The second-order valence-electron chi connectivity index (χ2n) is 7.96. The molecule has 0 fully saturated rings. The Morgan fingerprint density at radius 2 is 1.63 bits per heavy atom. The van der Waals surface area contributed by atoms with Crippen molar-refractivity contribution < 1.29 is 27.9 Å². The second-order valence-corrected chi connectivity index (χ2v) is 7.96. The van der Waals surface area contributed by atoms with E-state index in [0.717, 1.165) is 11.3 Å². The lowest BCUT2D eigenvalue weighted by Gasteiger charge is -2.27. The molecule has 2 amide bonds. The first-order valence-electron chi connectivity index (χ1n) is 11.0. The molecule has 0 aliphatic rings. The number of methoxy groups -OCH3 is 2. The quantitative estimate of drug-likeness (QED) is 0.375. The molecule has 1 aromatic heterocycles. The molecule has 0 aliphatic heterocycles. The first-order valence-corrected chi connectivity index (χ1v) is 11.0. The molecule has 0 atom stereocenters. The summed E-state index contributed by atoms with van der Waals surface area (Å²) in [6.45, 7) is 5.94. The zero-order valence-corrected chi connectivity index (χ0v) is 20.1. The number of amides is 2. The van der Waals surface area contributed by atoms with E-state index in [4.69, 9.17) is 13.9 Å². The highest BCUT2D eigenvalue weighted by atomic mass is 19.1. The summed E-state index contributed by atoms with van der Waals surface area (Å²) in [6.07, 6.45) is 1.56. The minimum Gasteiger partial charge on any atom is -0.497 e. The number of rotatable bonds is 11. The molecule has 0 radical (unpaired) electrons. The SMILES string of the molecule is C=CCN(CC(=O)N(Cc1ccc(F)cc1)Cc1ccc(C)o1)C(=O)c1cc(OC)cc(OC)c1. The van der Waals surface area contributed by atoms with Crippen LogP contribution in [-0.2, 0) is 17.9 Å². The molecule has 35 heavy (non-hydrogen) atoms. The fraction of sp³-hybridized carbons (Fsp3) is 0.259. The molecule has 2 aromatic carbocycles. The molecule has 0 saturated heterocycles. The summed E-state index contributed by atoms with van der Waals surface area (Å²) in [5.74, 6) is 1.23. The van der Waals surface area contributed by atoms with Gasteiger partial charge < -0.3 is 23.7 Å². The molecule has 0 bridgehead atoms. The molecule has 0 aliphatic carbocycles. The molecule has 3 aromatic rings. The van der Waals surface area contributed by atoms with Crippen LogP contribution in [0.5, 0.6) is 11.5 Å². The number of furan rings is 1. The van der Waals surface area contributed by atoms with Gasteiger partial charge in [0, 0.05) is 24.7 Å². The summed E-state index contributed by atoms with van der Waals surface area (Å²) in [5, 5.41) is 0. The Morgan fingerprint density at radius 3 is 2.17 bits per heavy atom. The topological polar surface area (TPSA) is 72.2 Å². The number of carbonyl (C=O) groups is 2. The number of hydrogen-bond donors (Lipinski definition) is 0. The first kappa shape index (κ1) is 25.6. The van der Waals surface area contributed by atoms with E-state index in [9.17, 15) is 14.0 Å². The summed E-state index contributed by atoms with van der Waals surface area (Å²) in [4.78, 5) is 29.7. The Kier molecular flexibility index (Phi) is 8.67. The largest absolute Gasteiger partial charge is 0.497 e. The van der Waals surface area contributed by atoms with Gasteiger partial charge in [-0.3, -0.25) is 9.59 Å². The van der Waals surface area contributed by atoms with Gasteiger partial charge in [-0.15, -0.1) is 6.58 Å². The number of benzene rings is 2. The van der Waals surface area contributed by atoms with Crippen LogP contribution in [0.4, 0.5) is 4.39 Å². The predicted octanol–water partition coefficient (Wildman–Crippen LogP) is 4.60. The van der Waals surface area contributed by atoms with Crippen LogP contribution in [0.1, 0.15) is 27.4 Å². The van der Waals surface area contributed by atoms with Crippen LogP contribution in [0.2, 0.25) is 0 Å². The highest BCUT2D eigenvalue weighted by molar-refractivity contribution is 5.97. The van der Waals surface area contributed by atoms with Crippen molar-refractivity contribution in [2.45, 2.75) is 20.0 Å². The average Bonchev–Trinajstić information content (AvgIpc) is 3.28. The number of carbonyl (C=O) groups excluding carboxylic acids is 2. The second kappa shape index (κ2) is 11.9. The summed E-state index contributed by atoms with van der Waals surface area (Å²) in [7, 11) is 3.00. The molecule has 3 rings (SSSR count). The van der Waals surface area contributed by atoms with Gasteiger partial charge in [0.1, 0.15) is 35.4 Å². The van der Waals surface area contributed by atoms with E-state index < -0.39 is 0 Å². The number of halogens is 1. The lowest BCUT2D eigenvalue weighted by molar-refractivity contribution is -0.133. The zero-order chi connectivity index (χ0) is 25.4. The molecule has 184 valence electrons. The van der Waals surface area contributed by atoms with Gasteiger partial charge in [-0.2, -0.15) is 0 Å². The third-order valence-corrected chi connectivity index (χ3v) is 5.34. The molecule has 0 saturated carbocycles. The molecule has 1 heterocycles. The Balaban J connectivity index is 1.84. The standard InChI is InChI=1S/C27H29FN2O5/c1-5-12-29(27(32)21-13-24(33-3)15-25(14-21)34-4)18-26(31)30(17-23-11-6-19(2)35-23)16-20-7-9-22(28)10-8-20/h5-11,13-15H,1,12,16-18H2,2-4H3. The minimum atomic E-state index is -0.369. The van der Waals surface area contributed by atoms with E-state index in [1.165, 1.54) is 31.3 Å². The van der Waals surface area contributed by atoms with Crippen LogP contribution in [0.15, 0.2) is 71.7 Å². The van der Waals surface area contributed by atoms with Gasteiger partial charge in [-0.05, 0) is 48.9 Å². The minimum absolute atomic E-state index is 0.161. The van der Waals surface area contributed by atoms with E-state index in [-0.39, 0.29) is 43.8 Å². The summed E-state index contributed by atoms with van der Waals surface area (Å²) in [5.41, 5.74) is 1.07. The molecule has 0 N–H and O–H groups in total. The van der Waals surface area contributed by atoms with Crippen LogP contribution in [0, 0.1) is 12.7 Å². The van der Waals surface area contributed by atoms with Gasteiger partial charge in [-0.1, -0.05) is 18.2 Å². The lowest BCUT2D eigenvalue weighted by Crippen LogP contribution is -2.42. The molecule has 7 nitrogen and oxygen atoms in total. The Morgan fingerprint density at radius 1 is 0.971 bits per heavy atom. The summed E-state index contributed by atoms with van der Waals surface area (Å²) in [6, 6.07) is 14.4. The molecule has 8 heteroatoms. The Bertz CT molecular complexity index is 1150. The molecule has 0 spiro atoms. The van der Waals surface area contributed by atoms with Crippen molar-refractivity contribution in [2.24, 2.45) is 0 Å². The maximum absolute atomic E-state index is 13.4. The fourth-order valence-electron chi connectivity index (χ4n) is 3.55. The number of hydrogen-bond acceptors (Lipinski definition) is 5. The van der Waals surface area contributed by atoms with Crippen LogP contribution in [0.3, 0.4) is 0 Å². The lowest BCUT2D eigenvalue weighted by atomic mass is 10.1. The number of aryl methyl sites for hydroxylation is 1. The van der Waals surface area contributed by atoms with Crippen molar-refractivity contribution in [3.05, 3.63) is 95.7 Å². The van der Waals surface area contributed by atoms with E-state index in [1.54, 1.807) is 47.4 Å². The zero-order valence-electron chi connectivity index (χ0n) is 20.1. The maximum atomic E-state index is 13.4. The van der Waals surface area contributed by atoms with Crippen molar-refractivity contribution >= 4 is 11.8 Å². The normalized spacial score (nSPS) is 10.5. The van der Waals surface area contributed by atoms with Gasteiger partial charge in [0.25, 0.3) is 5.91 Å². The average molecular weight is 481 g/mol. The van der Waals surface area contributed by atoms with Crippen molar-refractivity contribution in [1.82, 2.24) is 9.80 Å². The summed E-state index contributed by atoms with van der Waals surface area (Å²) >= 11 is 0. The van der Waals surface area contributed by atoms with Crippen molar-refractivity contribution in [3.63, 3.8) is 0 Å². The monoisotopic (exact) mass is 480 g/mol. The maximum Gasteiger partial charge on any atom is 0.254 e. The van der Waals surface area contributed by atoms with Gasteiger partial charge in [0.05, 0.1) is 20.8 Å². The van der Waals surface area contributed by atoms with E-state index >= 15 is 0 Å². The van der Waals surface area contributed by atoms with Gasteiger partial charge in [0.15, 0.2) is 0 Å². The van der Waals surface area contributed by atoms with Gasteiger partial charge in [-0.25, -0.2) is 4.39 Å². The number of nitrogens with zero attached hydrogens (tertiary/aromatic N) is 2. The Hall–Kier alpha value is -4.07. The van der Waals surface area contributed by atoms with E-state index in [0.29, 0.717) is 22.8 Å². The van der Waals surface area contributed by atoms with E-state index in [2.05, 4.69) is 6.58 Å². The van der Waals surface area contributed by atoms with Crippen LogP contribution in [0.25, 0.3) is 0 Å². The van der Waals surface area contributed by atoms with Gasteiger partial charge >= 0.3 is 0 Å². The molecule has 0 unspecified atom stereocenters. The third-order valence-electron chi connectivity index (χ3n) is 5.34. The highest BCUT2D eigenvalue weighted by Crippen LogP contribution is 2.24. The van der Waals surface area contributed by atoms with Gasteiger partial charge in [0.2, 0.25) is 5.91 Å². The van der Waals surface area contributed by atoms with Crippen molar-refractivity contribution in [3.8, 4) is 11.5 Å². The fourth-order valence-corrected chi connectivity index (χ4v) is 3.55. The van der Waals surface area contributed by atoms with Crippen LogP contribution >= 0.6 is 0 Å².